The summed E-state index contributed by atoms with van der Waals surface area (Å²) in [6, 6.07) is 1.47. The first-order chi connectivity index (χ1) is 6.49. The molecule has 0 aliphatic rings. The minimum absolute atomic E-state index is 0.0116. The number of benzene rings is 1. The lowest BCUT2D eigenvalue weighted by atomic mass is 10.1. The van der Waals surface area contributed by atoms with Crippen molar-refractivity contribution in [2.45, 2.75) is 6.92 Å². The summed E-state index contributed by atoms with van der Waals surface area (Å²) in [5, 5.41) is 9.25. The molecule has 5 heteroatoms. The second-order valence-corrected chi connectivity index (χ2v) is 3.19. The van der Waals surface area contributed by atoms with Crippen molar-refractivity contribution in [2.24, 2.45) is 0 Å². The van der Waals surface area contributed by atoms with Crippen LogP contribution in [0.15, 0.2) is 6.07 Å². The van der Waals surface area contributed by atoms with Crippen molar-refractivity contribution in [3.8, 4) is 5.75 Å². The molecule has 0 aliphatic heterocycles. The fraction of sp³-hybridized carbons (Fsp3) is 0.222. The molecular formula is C9H10ClNO3. The van der Waals surface area contributed by atoms with Gasteiger partial charge in [-0.05, 0) is 18.6 Å². The van der Waals surface area contributed by atoms with Crippen molar-refractivity contribution in [3.63, 3.8) is 0 Å². The molecule has 0 aromatic heterocycles. The highest BCUT2D eigenvalue weighted by atomic mass is 35.5. The number of halogens is 1. The van der Waals surface area contributed by atoms with Gasteiger partial charge in [0.25, 0.3) is 0 Å². The minimum Gasteiger partial charge on any atom is -0.494 e. The highest BCUT2D eigenvalue weighted by Gasteiger charge is 2.19. The van der Waals surface area contributed by atoms with E-state index in [4.69, 9.17) is 27.2 Å². The molecule has 0 bridgehead atoms. The van der Waals surface area contributed by atoms with E-state index in [9.17, 15) is 4.79 Å². The number of carboxylic acids is 1. The zero-order valence-corrected chi connectivity index (χ0v) is 8.55. The Hall–Kier alpha value is -1.42. The van der Waals surface area contributed by atoms with Crippen LogP contribution in [0, 0.1) is 6.92 Å². The molecule has 0 aliphatic carbocycles. The SMILES string of the molecule is COc1c(N)cc(Cl)c(C)c1C(=O)O. The van der Waals surface area contributed by atoms with Crippen LogP contribution in [0.3, 0.4) is 0 Å². The molecule has 3 N–H and O–H groups in total. The number of methoxy groups -OCH3 is 1. The molecule has 0 fully saturated rings. The Balaban J connectivity index is 3.56. The first-order valence-corrected chi connectivity index (χ1v) is 4.22. The molecular weight excluding hydrogens is 206 g/mol. The molecule has 1 aromatic carbocycles. The largest absolute Gasteiger partial charge is 0.494 e. The summed E-state index contributed by atoms with van der Waals surface area (Å²) in [7, 11) is 1.37. The average molecular weight is 216 g/mol. The van der Waals surface area contributed by atoms with Gasteiger partial charge < -0.3 is 15.6 Å². The smallest absolute Gasteiger partial charge is 0.339 e. The van der Waals surface area contributed by atoms with Gasteiger partial charge >= 0.3 is 5.97 Å². The van der Waals surface area contributed by atoms with Crippen molar-refractivity contribution in [1.29, 1.82) is 0 Å². The summed E-state index contributed by atoms with van der Waals surface area (Å²) in [6.45, 7) is 1.60. The minimum atomic E-state index is -1.10. The number of hydrogen-bond acceptors (Lipinski definition) is 3. The average Bonchev–Trinajstić information content (AvgIpc) is 2.10. The quantitative estimate of drug-likeness (QED) is 0.740. The Kier molecular flexibility index (Phi) is 2.86. The number of nitrogen functional groups attached to an aromatic ring is 1. The Morgan fingerprint density at radius 2 is 2.21 bits per heavy atom. The van der Waals surface area contributed by atoms with Crippen LogP contribution in [0.5, 0.6) is 5.75 Å². The zero-order chi connectivity index (χ0) is 10.9. The van der Waals surface area contributed by atoms with E-state index in [0.717, 1.165) is 0 Å². The number of hydrogen-bond donors (Lipinski definition) is 2. The first kappa shape index (κ1) is 10.7. The Morgan fingerprint density at radius 1 is 1.64 bits per heavy atom. The van der Waals surface area contributed by atoms with E-state index >= 15 is 0 Å². The second kappa shape index (κ2) is 3.75. The number of carboxylic acid groups (broad SMARTS) is 1. The van der Waals surface area contributed by atoms with Gasteiger partial charge in [0.05, 0.1) is 12.8 Å². The summed E-state index contributed by atoms with van der Waals surface area (Å²) in [5.41, 5.74) is 6.25. The zero-order valence-electron chi connectivity index (χ0n) is 7.80. The van der Waals surface area contributed by atoms with Crippen LogP contribution >= 0.6 is 11.6 Å². The van der Waals surface area contributed by atoms with Gasteiger partial charge in [-0.3, -0.25) is 0 Å². The van der Waals surface area contributed by atoms with E-state index in [1.165, 1.54) is 13.2 Å². The van der Waals surface area contributed by atoms with Crippen molar-refractivity contribution in [2.75, 3.05) is 12.8 Å². The molecule has 0 saturated heterocycles. The van der Waals surface area contributed by atoms with E-state index in [0.29, 0.717) is 10.6 Å². The third-order valence-electron chi connectivity index (χ3n) is 1.92. The van der Waals surface area contributed by atoms with Crippen molar-refractivity contribution in [1.82, 2.24) is 0 Å². The van der Waals surface area contributed by atoms with Crippen LogP contribution in [0.2, 0.25) is 5.02 Å². The molecule has 4 nitrogen and oxygen atoms in total. The lowest BCUT2D eigenvalue weighted by Crippen LogP contribution is -2.06. The molecule has 1 aromatic rings. The van der Waals surface area contributed by atoms with Crippen molar-refractivity contribution in [3.05, 3.63) is 22.2 Å². The molecule has 0 radical (unpaired) electrons. The predicted octanol–water partition coefficient (Wildman–Crippen LogP) is 1.94. The van der Waals surface area contributed by atoms with Gasteiger partial charge in [-0.25, -0.2) is 4.79 Å². The summed E-state index contributed by atoms with van der Waals surface area (Å²) in [5.74, 6) is -0.951. The molecule has 0 heterocycles. The molecule has 0 amide bonds. The van der Waals surface area contributed by atoms with Gasteiger partial charge in [0.15, 0.2) is 5.75 Å². The summed E-state index contributed by atoms with van der Waals surface area (Å²) in [4.78, 5) is 10.9. The topological polar surface area (TPSA) is 72.5 Å². The van der Waals surface area contributed by atoms with Gasteiger partial charge in [-0.2, -0.15) is 0 Å². The summed E-state index contributed by atoms with van der Waals surface area (Å²) in [6.07, 6.45) is 0. The van der Waals surface area contributed by atoms with Crippen LogP contribution in [0.25, 0.3) is 0 Å². The molecule has 1 rings (SSSR count). The summed E-state index contributed by atoms with van der Waals surface area (Å²) >= 11 is 5.79. The standard InChI is InChI=1S/C9H10ClNO3/c1-4-5(10)3-6(11)8(14-2)7(4)9(12)13/h3H,11H2,1-2H3,(H,12,13). The second-order valence-electron chi connectivity index (χ2n) is 2.79. The molecule has 0 saturated carbocycles. The number of nitrogens with two attached hydrogens (primary N) is 1. The van der Waals surface area contributed by atoms with Crippen molar-refractivity contribution >= 4 is 23.3 Å². The molecule has 0 spiro atoms. The van der Waals surface area contributed by atoms with E-state index in [1.54, 1.807) is 6.92 Å². The first-order valence-electron chi connectivity index (χ1n) is 3.85. The molecule has 0 unspecified atom stereocenters. The number of ether oxygens (including phenoxy) is 1. The van der Waals surface area contributed by atoms with Crippen molar-refractivity contribution < 1.29 is 14.6 Å². The Labute approximate surface area is 86.2 Å². The number of rotatable bonds is 2. The highest BCUT2D eigenvalue weighted by Crippen LogP contribution is 2.33. The maximum Gasteiger partial charge on any atom is 0.339 e. The predicted molar refractivity (Wildman–Crippen MR) is 54.1 cm³/mol. The van der Waals surface area contributed by atoms with E-state index in [1.807, 2.05) is 0 Å². The van der Waals surface area contributed by atoms with Crippen LogP contribution < -0.4 is 10.5 Å². The normalized spacial score (nSPS) is 9.93. The molecule has 0 atom stereocenters. The van der Waals surface area contributed by atoms with Crippen LogP contribution in [-0.4, -0.2) is 18.2 Å². The monoisotopic (exact) mass is 215 g/mol. The third-order valence-corrected chi connectivity index (χ3v) is 2.32. The van der Waals surface area contributed by atoms with Crippen LogP contribution in [0.4, 0.5) is 5.69 Å². The maximum atomic E-state index is 10.9. The van der Waals surface area contributed by atoms with E-state index < -0.39 is 5.97 Å². The highest BCUT2D eigenvalue weighted by molar-refractivity contribution is 6.32. The van der Waals surface area contributed by atoms with Gasteiger partial charge in [0, 0.05) is 5.02 Å². The fourth-order valence-corrected chi connectivity index (χ4v) is 1.43. The number of aromatic carboxylic acids is 1. The van der Waals surface area contributed by atoms with Gasteiger partial charge in [-0.1, -0.05) is 11.6 Å². The van der Waals surface area contributed by atoms with Crippen LogP contribution in [0.1, 0.15) is 15.9 Å². The maximum absolute atomic E-state index is 10.9. The summed E-state index contributed by atoms with van der Waals surface area (Å²) < 4.78 is 4.91. The Bertz CT molecular complexity index is 390. The third kappa shape index (κ3) is 1.61. The molecule has 14 heavy (non-hydrogen) atoms. The van der Waals surface area contributed by atoms with Gasteiger partial charge in [-0.15, -0.1) is 0 Å². The lowest BCUT2D eigenvalue weighted by Gasteiger charge is -2.11. The number of carbonyl (C=O) groups is 1. The Morgan fingerprint density at radius 3 is 2.64 bits per heavy atom. The molecule has 76 valence electrons. The van der Waals surface area contributed by atoms with Crippen LogP contribution in [-0.2, 0) is 0 Å². The lowest BCUT2D eigenvalue weighted by molar-refractivity contribution is 0.0692. The van der Waals surface area contributed by atoms with Gasteiger partial charge in [0.1, 0.15) is 5.56 Å². The van der Waals surface area contributed by atoms with E-state index in [-0.39, 0.29) is 17.0 Å². The van der Waals surface area contributed by atoms with E-state index in [2.05, 4.69) is 0 Å². The fourth-order valence-electron chi connectivity index (χ4n) is 1.22. The van der Waals surface area contributed by atoms with Gasteiger partial charge in [0.2, 0.25) is 0 Å². The number of anilines is 1.